The van der Waals surface area contributed by atoms with E-state index >= 15 is 0 Å². The molecule has 36 heavy (non-hydrogen) atoms. The highest BCUT2D eigenvalue weighted by Gasteiger charge is 2.32. The molecule has 1 N–H and O–H groups in total. The lowest BCUT2D eigenvalue weighted by Crippen LogP contribution is -2.46. The Morgan fingerprint density at radius 3 is 2.00 bits per heavy atom. The van der Waals surface area contributed by atoms with Crippen LogP contribution in [0.25, 0.3) is 11.1 Å². The van der Waals surface area contributed by atoms with Crippen molar-refractivity contribution >= 4 is 12.1 Å². The minimum atomic E-state index is -0.834. The van der Waals surface area contributed by atoms with Crippen molar-refractivity contribution in [2.24, 2.45) is 0 Å². The average Bonchev–Trinajstić information content (AvgIpc) is 3.64. The monoisotopic (exact) mass is 483 g/mol. The molecule has 0 spiro atoms. The van der Waals surface area contributed by atoms with E-state index in [9.17, 15) is 9.59 Å². The van der Waals surface area contributed by atoms with Gasteiger partial charge >= 0.3 is 12.1 Å². The van der Waals surface area contributed by atoms with Gasteiger partial charge in [0.1, 0.15) is 18.2 Å². The summed E-state index contributed by atoms with van der Waals surface area (Å²) < 4.78 is 11.4. The van der Waals surface area contributed by atoms with Crippen molar-refractivity contribution in [2.75, 3.05) is 6.61 Å². The van der Waals surface area contributed by atoms with Crippen LogP contribution in [0.1, 0.15) is 67.7 Å². The second kappa shape index (κ2) is 9.81. The van der Waals surface area contributed by atoms with Crippen LogP contribution in [0, 0.1) is 0 Å². The van der Waals surface area contributed by atoms with Crippen LogP contribution in [0.15, 0.2) is 72.8 Å². The van der Waals surface area contributed by atoms with Gasteiger partial charge < -0.3 is 14.8 Å². The fourth-order valence-electron chi connectivity index (χ4n) is 5.08. The molecule has 1 amide bonds. The number of ether oxygens (including phenoxy) is 2. The van der Waals surface area contributed by atoms with Crippen LogP contribution in [0.2, 0.25) is 0 Å². The van der Waals surface area contributed by atoms with Gasteiger partial charge in [0.25, 0.3) is 0 Å². The zero-order chi connectivity index (χ0) is 25.3. The number of carbonyl (C=O) groups is 2. The fraction of sp³-hybridized carbons (Fsp3) is 0.355. The number of nitrogens with one attached hydrogen (secondary N) is 1. The van der Waals surface area contributed by atoms with E-state index in [1.807, 2.05) is 63.2 Å². The Bertz CT molecular complexity index is 1230. The number of benzene rings is 3. The minimum Gasteiger partial charge on any atom is -0.458 e. The van der Waals surface area contributed by atoms with Crippen LogP contribution in [0.3, 0.4) is 0 Å². The molecule has 0 heterocycles. The van der Waals surface area contributed by atoms with E-state index in [4.69, 9.17) is 9.47 Å². The molecular weight excluding hydrogens is 450 g/mol. The summed E-state index contributed by atoms with van der Waals surface area (Å²) in [6.45, 7) is 5.67. The van der Waals surface area contributed by atoms with Gasteiger partial charge in [0.15, 0.2) is 0 Å². The first kappa shape index (κ1) is 24.1. The van der Waals surface area contributed by atoms with E-state index in [-0.39, 0.29) is 12.5 Å². The fourth-order valence-corrected chi connectivity index (χ4v) is 5.08. The number of carbonyl (C=O) groups excluding carboxylic acids is 2. The molecule has 1 unspecified atom stereocenters. The Hall–Kier alpha value is -3.60. The smallest absolute Gasteiger partial charge is 0.407 e. The molecule has 3 aromatic carbocycles. The van der Waals surface area contributed by atoms with E-state index in [0.29, 0.717) is 12.3 Å². The molecule has 5 nitrogen and oxygen atoms in total. The molecule has 5 rings (SSSR count). The molecule has 1 atom stereocenters. The Balaban J connectivity index is 1.31. The van der Waals surface area contributed by atoms with Crippen LogP contribution in [-0.4, -0.2) is 30.3 Å². The lowest BCUT2D eigenvalue weighted by molar-refractivity contribution is -0.157. The van der Waals surface area contributed by atoms with Crippen molar-refractivity contribution in [2.45, 2.75) is 63.5 Å². The van der Waals surface area contributed by atoms with Crippen molar-refractivity contribution in [3.05, 3.63) is 95.1 Å². The average molecular weight is 484 g/mol. The van der Waals surface area contributed by atoms with Crippen molar-refractivity contribution in [3.8, 4) is 11.1 Å². The minimum absolute atomic E-state index is 0.0429. The lowest BCUT2D eigenvalue weighted by atomic mass is 9.97. The van der Waals surface area contributed by atoms with Gasteiger partial charge in [-0.2, -0.15) is 0 Å². The first-order chi connectivity index (χ1) is 17.3. The Labute approximate surface area is 212 Å². The van der Waals surface area contributed by atoms with Crippen LogP contribution in [-0.2, 0) is 20.7 Å². The van der Waals surface area contributed by atoms with Crippen LogP contribution in [0.5, 0.6) is 0 Å². The van der Waals surface area contributed by atoms with Crippen molar-refractivity contribution in [3.63, 3.8) is 0 Å². The maximum absolute atomic E-state index is 13.1. The standard InChI is InChI=1S/C31H33NO4/c1-31(2,3)36-29(33)28(18-21-10-4-5-11-22(21)20-16-17-20)32-30(34)35-19-27-25-14-8-6-12-23(25)24-13-7-9-15-26(24)27/h4-15,20,27-28H,16-19H2,1-3H3,(H,32,34). The summed E-state index contributed by atoms with van der Waals surface area (Å²) in [5.74, 6) is 0.0373. The maximum Gasteiger partial charge on any atom is 0.407 e. The normalized spacial score (nSPS) is 15.5. The summed E-state index contributed by atoms with van der Waals surface area (Å²) in [6.07, 6.45) is 2.07. The summed E-state index contributed by atoms with van der Waals surface area (Å²) in [4.78, 5) is 26.1. The number of esters is 1. The van der Waals surface area contributed by atoms with Crippen molar-refractivity contribution in [1.29, 1.82) is 0 Å². The Kier molecular flexibility index (Phi) is 6.57. The van der Waals surface area contributed by atoms with Gasteiger partial charge in [-0.1, -0.05) is 72.8 Å². The third-order valence-electron chi connectivity index (χ3n) is 6.82. The third kappa shape index (κ3) is 5.30. The second-order valence-corrected chi connectivity index (χ2v) is 10.7. The predicted molar refractivity (Wildman–Crippen MR) is 140 cm³/mol. The van der Waals surface area contributed by atoms with E-state index in [1.54, 1.807) is 0 Å². The molecule has 186 valence electrons. The number of fused-ring (bicyclic) bond motifs is 3. The number of hydrogen-bond donors (Lipinski definition) is 1. The number of alkyl carbamates (subject to hydrolysis) is 1. The molecule has 2 aliphatic rings. The molecule has 3 aromatic rings. The SMILES string of the molecule is CC(C)(C)OC(=O)C(Cc1ccccc1C1CC1)NC(=O)OCC1c2ccccc2-c2ccccc21. The molecule has 2 aliphatic carbocycles. The van der Waals surface area contributed by atoms with E-state index < -0.39 is 23.7 Å². The number of amides is 1. The van der Waals surface area contributed by atoms with Gasteiger partial charge in [0.05, 0.1) is 0 Å². The van der Waals surface area contributed by atoms with E-state index in [0.717, 1.165) is 29.5 Å². The van der Waals surface area contributed by atoms with Gasteiger partial charge in [-0.05, 0) is 72.9 Å². The van der Waals surface area contributed by atoms with Crippen LogP contribution in [0.4, 0.5) is 4.79 Å². The second-order valence-electron chi connectivity index (χ2n) is 10.7. The lowest BCUT2D eigenvalue weighted by Gasteiger charge is -2.25. The number of rotatable bonds is 7. The molecule has 1 fully saturated rings. The molecule has 1 saturated carbocycles. The third-order valence-corrected chi connectivity index (χ3v) is 6.82. The Morgan fingerprint density at radius 2 is 1.42 bits per heavy atom. The maximum atomic E-state index is 13.1. The summed E-state index contributed by atoms with van der Waals surface area (Å²) in [6, 6.07) is 23.7. The molecular formula is C31H33NO4. The molecule has 0 aliphatic heterocycles. The van der Waals surface area contributed by atoms with Gasteiger partial charge in [-0.3, -0.25) is 0 Å². The number of hydrogen-bond acceptors (Lipinski definition) is 4. The highest BCUT2D eigenvalue weighted by atomic mass is 16.6. The van der Waals surface area contributed by atoms with Gasteiger partial charge in [0, 0.05) is 12.3 Å². The summed E-state index contributed by atoms with van der Waals surface area (Å²) in [5.41, 5.74) is 6.29. The quantitative estimate of drug-likeness (QED) is 0.398. The molecule has 0 bridgehead atoms. The van der Waals surface area contributed by atoms with Gasteiger partial charge in [-0.25, -0.2) is 9.59 Å². The first-order valence-corrected chi connectivity index (χ1v) is 12.7. The topological polar surface area (TPSA) is 64.6 Å². The van der Waals surface area contributed by atoms with Gasteiger partial charge in [-0.15, -0.1) is 0 Å². The predicted octanol–water partition coefficient (Wildman–Crippen LogP) is 6.36. The summed E-state index contributed by atoms with van der Waals surface area (Å²) in [7, 11) is 0. The highest BCUT2D eigenvalue weighted by molar-refractivity contribution is 5.82. The zero-order valence-corrected chi connectivity index (χ0v) is 21.1. The largest absolute Gasteiger partial charge is 0.458 e. The molecule has 5 heteroatoms. The summed E-state index contributed by atoms with van der Waals surface area (Å²) in [5, 5.41) is 2.81. The van der Waals surface area contributed by atoms with E-state index in [1.165, 1.54) is 16.7 Å². The zero-order valence-electron chi connectivity index (χ0n) is 21.1. The van der Waals surface area contributed by atoms with Crippen LogP contribution >= 0.6 is 0 Å². The Morgan fingerprint density at radius 1 is 0.861 bits per heavy atom. The molecule has 0 radical (unpaired) electrons. The summed E-state index contributed by atoms with van der Waals surface area (Å²) >= 11 is 0. The van der Waals surface area contributed by atoms with E-state index in [2.05, 4.69) is 35.6 Å². The van der Waals surface area contributed by atoms with Crippen molar-refractivity contribution in [1.82, 2.24) is 5.32 Å². The highest BCUT2D eigenvalue weighted by Crippen LogP contribution is 2.44. The first-order valence-electron chi connectivity index (χ1n) is 12.7. The molecule has 0 saturated heterocycles. The van der Waals surface area contributed by atoms with Crippen molar-refractivity contribution < 1.29 is 19.1 Å². The van der Waals surface area contributed by atoms with Crippen LogP contribution < -0.4 is 5.32 Å². The molecule has 0 aromatic heterocycles. The van der Waals surface area contributed by atoms with Gasteiger partial charge in [0.2, 0.25) is 0 Å².